The molecule has 0 aliphatic heterocycles. The van der Waals surface area contributed by atoms with Crippen molar-refractivity contribution in [1.29, 1.82) is 0 Å². The summed E-state index contributed by atoms with van der Waals surface area (Å²) in [4.78, 5) is 10.2. The van der Waals surface area contributed by atoms with Crippen LogP contribution in [-0.4, -0.2) is 9.97 Å². The molecular weight excluding hydrogens is 689 g/mol. The Morgan fingerprint density at radius 3 is 1.53 bits per heavy atom. The maximum atomic E-state index is 5.20. The SMILES string of the molecule is CC1(C)c2cc(-c3ccc(-c4ccc(-c5cc(-c6ccccc6)nc(-c6ccccc6)n5)c5ccccc45)c4ccccc34)ccc2-c2c1ccc1ccccc21. The first-order valence-electron chi connectivity index (χ1n) is 19.7. The minimum atomic E-state index is -0.103. The molecule has 0 saturated heterocycles. The zero-order chi connectivity index (χ0) is 38.1. The topological polar surface area (TPSA) is 25.8 Å². The van der Waals surface area contributed by atoms with E-state index in [2.05, 4.69) is 184 Å². The Morgan fingerprint density at radius 1 is 0.333 bits per heavy atom. The summed E-state index contributed by atoms with van der Waals surface area (Å²) >= 11 is 0. The Labute approximate surface area is 332 Å². The van der Waals surface area contributed by atoms with Gasteiger partial charge in [0, 0.05) is 22.1 Å². The van der Waals surface area contributed by atoms with Crippen LogP contribution in [0.15, 0.2) is 194 Å². The van der Waals surface area contributed by atoms with Gasteiger partial charge < -0.3 is 0 Å². The summed E-state index contributed by atoms with van der Waals surface area (Å²) in [5, 5.41) is 7.46. The molecule has 1 aromatic heterocycles. The van der Waals surface area contributed by atoms with Gasteiger partial charge in [-0.2, -0.15) is 0 Å². The van der Waals surface area contributed by atoms with E-state index < -0.39 is 0 Å². The third kappa shape index (κ3) is 5.33. The number of hydrogen-bond donors (Lipinski definition) is 0. The van der Waals surface area contributed by atoms with Crippen LogP contribution in [0.2, 0.25) is 0 Å². The Kier molecular flexibility index (Phi) is 7.55. The van der Waals surface area contributed by atoms with E-state index in [1.54, 1.807) is 0 Å². The lowest BCUT2D eigenvalue weighted by molar-refractivity contribution is 0.661. The molecule has 1 aliphatic carbocycles. The Bertz CT molecular complexity index is 3140. The first-order chi connectivity index (χ1) is 28.0. The van der Waals surface area contributed by atoms with Gasteiger partial charge in [-0.15, -0.1) is 0 Å². The molecule has 0 saturated carbocycles. The summed E-state index contributed by atoms with van der Waals surface area (Å²) < 4.78 is 0. The van der Waals surface area contributed by atoms with Crippen LogP contribution in [0.3, 0.4) is 0 Å². The van der Waals surface area contributed by atoms with Gasteiger partial charge in [0.25, 0.3) is 0 Å². The molecule has 1 aliphatic rings. The van der Waals surface area contributed by atoms with Gasteiger partial charge in [0.1, 0.15) is 0 Å². The summed E-state index contributed by atoms with van der Waals surface area (Å²) in [6.45, 7) is 4.75. The molecule has 9 aromatic carbocycles. The minimum Gasteiger partial charge on any atom is -0.228 e. The lowest BCUT2D eigenvalue weighted by Gasteiger charge is -2.22. The molecule has 268 valence electrons. The van der Waals surface area contributed by atoms with Crippen molar-refractivity contribution in [2.24, 2.45) is 0 Å². The van der Waals surface area contributed by atoms with Crippen LogP contribution in [0.4, 0.5) is 0 Å². The molecule has 0 bridgehead atoms. The van der Waals surface area contributed by atoms with Crippen molar-refractivity contribution in [3.8, 4) is 67.3 Å². The summed E-state index contributed by atoms with van der Waals surface area (Å²) in [5.41, 5.74) is 15.3. The number of hydrogen-bond acceptors (Lipinski definition) is 2. The lowest BCUT2D eigenvalue weighted by atomic mass is 9.81. The fourth-order valence-corrected chi connectivity index (χ4v) is 9.28. The van der Waals surface area contributed by atoms with Crippen LogP contribution in [-0.2, 0) is 5.41 Å². The second kappa shape index (κ2) is 13.0. The van der Waals surface area contributed by atoms with E-state index in [1.165, 1.54) is 71.4 Å². The van der Waals surface area contributed by atoms with Gasteiger partial charge in [-0.05, 0) is 89.0 Å². The van der Waals surface area contributed by atoms with Crippen molar-refractivity contribution in [1.82, 2.24) is 9.97 Å². The zero-order valence-electron chi connectivity index (χ0n) is 31.9. The van der Waals surface area contributed by atoms with Gasteiger partial charge in [0.05, 0.1) is 11.4 Å². The van der Waals surface area contributed by atoms with Crippen molar-refractivity contribution in [3.05, 3.63) is 205 Å². The Morgan fingerprint density at radius 2 is 0.842 bits per heavy atom. The van der Waals surface area contributed by atoms with Crippen molar-refractivity contribution in [2.45, 2.75) is 19.3 Å². The van der Waals surface area contributed by atoms with E-state index in [0.717, 1.165) is 33.5 Å². The largest absolute Gasteiger partial charge is 0.228 e. The highest BCUT2D eigenvalue weighted by Crippen LogP contribution is 2.52. The minimum absolute atomic E-state index is 0.103. The molecule has 0 spiro atoms. The normalized spacial score (nSPS) is 12.9. The standard InChI is InChI=1S/C55H38N2/c1-55(2)49-32-26-35-15-9-10-20-40(35)53(49)48-27-25-38(33-50(48)55)39-28-29-45(42-22-12-11-21-41(39)42)46-30-31-47(44-24-14-13-23-43(44)46)52-34-51(36-16-5-3-6-17-36)56-54(57-52)37-18-7-4-8-19-37/h3-34H,1-2H3. The average Bonchev–Trinajstić information content (AvgIpc) is 3.51. The predicted octanol–water partition coefficient (Wildman–Crippen LogP) is 14.6. The maximum absolute atomic E-state index is 5.20. The van der Waals surface area contributed by atoms with Crippen LogP contribution in [0.25, 0.3) is 99.6 Å². The smallest absolute Gasteiger partial charge is 0.160 e. The second-order valence-electron chi connectivity index (χ2n) is 15.7. The molecule has 10 aromatic rings. The van der Waals surface area contributed by atoms with Gasteiger partial charge in [-0.25, -0.2) is 9.97 Å². The van der Waals surface area contributed by atoms with E-state index in [9.17, 15) is 0 Å². The summed E-state index contributed by atoms with van der Waals surface area (Å²) in [6, 6.07) is 70.1. The van der Waals surface area contributed by atoms with Crippen molar-refractivity contribution in [2.75, 3.05) is 0 Å². The molecule has 0 fully saturated rings. The average molecular weight is 727 g/mol. The predicted molar refractivity (Wildman–Crippen MR) is 239 cm³/mol. The molecular formula is C55H38N2. The molecule has 11 rings (SSSR count). The maximum Gasteiger partial charge on any atom is 0.160 e. The number of fused-ring (bicyclic) bond motifs is 7. The highest BCUT2D eigenvalue weighted by atomic mass is 14.9. The van der Waals surface area contributed by atoms with Crippen molar-refractivity contribution in [3.63, 3.8) is 0 Å². The number of nitrogens with zero attached hydrogens (tertiary/aromatic N) is 2. The van der Waals surface area contributed by atoms with Gasteiger partial charge in [0.15, 0.2) is 5.82 Å². The molecule has 0 amide bonds. The molecule has 1 heterocycles. The van der Waals surface area contributed by atoms with Gasteiger partial charge in [-0.1, -0.05) is 196 Å². The van der Waals surface area contributed by atoms with Crippen molar-refractivity contribution < 1.29 is 0 Å². The highest BCUT2D eigenvalue weighted by molar-refractivity contribution is 6.12. The van der Waals surface area contributed by atoms with E-state index in [-0.39, 0.29) is 5.41 Å². The van der Waals surface area contributed by atoms with Crippen LogP contribution >= 0.6 is 0 Å². The third-order valence-electron chi connectivity index (χ3n) is 12.1. The molecule has 0 unspecified atom stereocenters. The van der Waals surface area contributed by atoms with Gasteiger partial charge in [-0.3, -0.25) is 0 Å². The van der Waals surface area contributed by atoms with Crippen LogP contribution in [0.1, 0.15) is 25.0 Å². The van der Waals surface area contributed by atoms with Gasteiger partial charge in [0.2, 0.25) is 0 Å². The molecule has 2 nitrogen and oxygen atoms in total. The Balaban J connectivity index is 1.05. The fourth-order valence-electron chi connectivity index (χ4n) is 9.28. The number of aromatic nitrogens is 2. The molecule has 0 radical (unpaired) electrons. The van der Waals surface area contributed by atoms with Crippen molar-refractivity contribution >= 4 is 32.3 Å². The van der Waals surface area contributed by atoms with E-state index in [4.69, 9.17) is 9.97 Å². The highest BCUT2D eigenvalue weighted by Gasteiger charge is 2.36. The Hall–Kier alpha value is -7.16. The van der Waals surface area contributed by atoms with E-state index in [1.807, 2.05) is 24.3 Å². The monoisotopic (exact) mass is 726 g/mol. The molecule has 0 N–H and O–H groups in total. The zero-order valence-corrected chi connectivity index (χ0v) is 31.9. The summed E-state index contributed by atoms with van der Waals surface area (Å²) in [6.07, 6.45) is 0. The first kappa shape index (κ1) is 33.2. The quantitative estimate of drug-likeness (QED) is 0.176. The van der Waals surface area contributed by atoms with Crippen LogP contribution < -0.4 is 0 Å². The molecule has 0 atom stereocenters. The van der Waals surface area contributed by atoms with E-state index in [0.29, 0.717) is 5.82 Å². The lowest BCUT2D eigenvalue weighted by Crippen LogP contribution is -2.15. The third-order valence-corrected chi connectivity index (χ3v) is 12.1. The summed E-state index contributed by atoms with van der Waals surface area (Å²) in [7, 11) is 0. The van der Waals surface area contributed by atoms with Gasteiger partial charge >= 0.3 is 0 Å². The number of rotatable bonds is 5. The van der Waals surface area contributed by atoms with Crippen LogP contribution in [0, 0.1) is 0 Å². The molecule has 57 heavy (non-hydrogen) atoms. The summed E-state index contributed by atoms with van der Waals surface area (Å²) in [5.74, 6) is 0.717. The fraction of sp³-hybridized carbons (Fsp3) is 0.0545. The molecule has 2 heteroatoms. The van der Waals surface area contributed by atoms with Crippen LogP contribution in [0.5, 0.6) is 0 Å². The second-order valence-corrected chi connectivity index (χ2v) is 15.7. The van der Waals surface area contributed by atoms with E-state index >= 15 is 0 Å². The first-order valence-corrected chi connectivity index (χ1v) is 19.7. The number of benzene rings is 9.